The van der Waals surface area contributed by atoms with Gasteiger partial charge in [0.05, 0.1) is 26.0 Å². The van der Waals surface area contributed by atoms with Crippen LogP contribution in [-0.4, -0.2) is 15.5 Å². The van der Waals surface area contributed by atoms with Gasteiger partial charge in [-0.05, 0) is 25.0 Å². The fourth-order valence-corrected chi connectivity index (χ4v) is 3.99. The number of rotatable bonds is 2. The molecule has 0 aromatic heterocycles. The summed E-state index contributed by atoms with van der Waals surface area (Å²) in [6, 6.07) is 7.36. The van der Waals surface area contributed by atoms with E-state index in [9.17, 15) is 4.21 Å². The first-order valence-corrected chi connectivity index (χ1v) is 6.70. The molecule has 2 N–H and O–H groups in total. The van der Waals surface area contributed by atoms with E-state index in [1.54, 1.807) is 6.07 Å². The molecular formula is C11H14ClNOS. The van der Waals surface area contributed by atoms with Crippen molar-refractivity contribution >= 4 is 22.4 Å². The molecule has 0 radical (unpaired) electrons. The average molecular weight is 244 g/mol. The number of benzene rings is 1. The zero-order valence-electron chi connectivity index (χ0n) is 8.36. The van der Waals surface area contributed by atoms with Gasteiger partial charge in [-0.2, -0.15) is 0 Å². The maximum Gasteiger partial charge on any atom is 0.0591 e. The van der Waals surface area contributed by atoms with Gasteiger partial charge >= 0.3 is 0 Å². The second kappa shape index (κ2) is 4.64. The van der Waals surface area contributed by atoms with Crippen LogP contribution in [0.15, 0.2) is 29.2 Å². The van der Waals surface area contributed by atoms with Gasteiger partial charge in [0.15, 0.2) is 0 Å². The number of hydrogen-bond acceptors (Lipinski definition) is 2. The lowest BCUT2D eigenvalue weighted by molar-refractivity contribution is 0.649. The molecule has 15 heavy (non-hydrogen) atoms. The lowest BCUT2D eigenvalue weighted by Crippen LogP contribution is -2.32. The molecule has 3 unspecified atom stereocenters. The molecule has 0 bridgehead atoms. The molecule has 0 heterocycles. The maximum atomic E-state index is 12.2. The maximum absolute atomic E-state index is 12.2. The summed E-state index contributed by atoms with van der Waals surface area (Å²) in [5.41, 5.74) is 5.93. The standard InChI is InChI=1S/C11H14ClNOS/c12-8-4-1-2-6-10(8)15(14)11-7-3-5-9(11)13/h1-2,4,6,9,11H,3,5,7,13H2. The molecule has 1 aromatic carbocycles. The molecule has 1 fully saturated rings. The van der Waals surface area contributed by atoms with Crippen molar-refractivity contribution in [1.82, 2.24) is 0 Å². The minimum absolute atomic E-state index is 0.0575. The molecule has 1 aromatic rings. The van der Waals surface area contributed by atoms with E-state index in [1.807, 2.05) is 18.2 Å². The van der Waals surface area contributed by atoms with Crippen LogP contribution in [-0.2, 0) is 10.8 Å². The predicted octanol–water partition coefficient (Wildman–Crippen LogP) is 2.33. The summed E-state index contributed by atoms with van der Waals surface area (Å²) >= 11 is 6.01. The summed E-state index contributed by atoms with van der Waals surface area (Å²) in [5, 5.41) is 0.653. The quantitative estimate of drug-likeness (QED) is 0.867. The first kappa shape index (κ1) is 11.1. The van der Waals surface area contributed by atoms with Gasteiger partial charge < -0.3 is 5.73 Å². The fraction of sp³-hybridized carbons (Fsp3) is 0.455. The highest BCUT2D eigenvalue weighted by Gasteiger charge is 2.30. The Kier molecular flexibility index (Phi) is 3.44. The predicted molar refractivity (Wildman–Crippen MR) is 63.5 cm³/mol. The zero-order chi connectivity index (χ0) is 10.8. The summed E-state index contributed by atoms with van der Waals surface area (Å²) in [7, 11) is -1.06. The summed E-state index contributed by atoms with van der Waals surface area (Å²) < 4.78 is 12.2. The van der Waals surface area contributed by atoms with Crippen molar-refractivity contribution < 1.29 is 4.21 Å². The van der Waals surface area contributed by atoms with Crippen molar-refractivity contribution in [3.8, 4) is 0 Å². The van der Waals surface area contributed by atoms with Crippen molar-refractivity contribution in [1.29, 1.82) is 0 Å². The smallest absolute Gasteiger partial charge is 0.0591 e. The molecule has 2 nitrogen and oxygen atoms in total. The molecule has 0 spiro atoms. The van der Waals surface area contributed by atoms with Gasteiger partial charge in [0.1, 0.15) is 0 Å². The lowest BCUT2D eigenvalue weighted by atomic mass is 10.3. The lowest BCUT2D eigenvalue weighted by Gasteiger charge is -2.15. The summed E-state index contributed by atoms with van der Waals surface area (Å²) in [4.78, 5) is 0.724. The van der Waals surface area contributed by atoms with E-state index in [-0.39, 0.29) is 11.3 Å². The van der Waals surface area contributed by atoms with E-state index in [4.69, 9.17) is 17.3 Å². The van der Waals surface area contributed by atoms with E-state index < -0.39 is 10.8 Å². The highest BCUT2D eigenvalue weighted by atomic mass is 35.5. The van der Waals surface area contributed by atoms with Crippen LogP contribution in [0.5, 0.6) is 0 Å². The van der Waals surface area contributed by atoms with Crippen LogP contribution in [0, 0.1) is 0 Å². The molecule has 0 saturated heterocycles. The van der Waals surface area contributed by atoms with Crippen molar-refractivity contribution in [3.05, 3.63) is 29.3 Å². The van der Waals surface area contributed by atoms with Gasteiger partial charge in [-0.15, -0.1) is 0 Å². The Hall–Kier alpha value is -0.380. The average Bonchev–Trinajstić information content (AvgIpc) is 2.64. The second-order valence-corrected chi connectivity index (χ2v) is 5.91. The van der Waals surface area contributed by atoms with E-state index in [0.717, 1.165) is 24.2 Å². The van der Waals surface area contributed by atoms with E-state index in [1.165, 1.54) is 0 Å². The van der Waals surface area contributed by atoms with Crippen LogP contribution in [0.1, 0.15) is 19.3 Å². The molecule has 82 valence electrons. The molecule has 1 aliphatic rings. The Morgan fingerprint density at radius 1 is 1.33 bits per heavy atom. The Bertz CT molecular complexity index is 383. The van der Waals surface area contributed by atoms with Crippen LogP contribution < -0.4 is 5.73 Å². The van der Waals surface area contributed by atoms with Gasteiger partial charge in [-0.1, -0.05) is 30.2 Å². The highest BCUT2D eigenvalue weighted by Crippen LogP contribution is 2.29. The SMILES string of the molecule is NC1CCCC1S(=O)c1ccccc1Cl. The largest absolute Gasteiger partial charge is 0.327 e. The molecule has 2 rings (SSSR count). The van der Waals surface area contributed by atoms with Gasteiger partial charge in [0.25, 0.3) is 0 Å². The fourth-order valence-electron chi connectivity index (χ4n) is 1.99. The van der Waals surface area contributed by atoms with Crippen LogP contribution >= 0.6 is 11.6 Å². The van der Waals surface area contributed by atoms with Crippen molar-refractivity contribution in [2.24, 2.45) is 5.73 Å². The minimum atomic E-state index is -1.06. The summed E-state index contributed by atoms with van der Waals surface area (Å²) in [6.07, 6.45) is 2.99. The molecule has 3 atom stereocenters. The monoisotopic (exact) mass is 243 g/mol. The third kappa shape index (κ3) is 2.25. The zero-order valence-corrected chi connectivity index (χ0v) is 9.93. The Morgan fingerprint density at radius 2 is 2.07 bits per heavy atom. The highest BCUT2D eigenvalue weighted by molar-refractivity contribution is 7.85. The van der Waals surface area contributed by atoms with Crippen LogP contribution in [0.3, 0.4) is 0 Å². The number of hydrogen-bond donors (Lipinski definition) is 1. The Morgan fingerprint density at radius 3 is 2.67 bits per heavy atom. The van der Waals surface area contributed by atoms with E-state index >= 15 is 0 Å². The molecule has 1 saturated carbocycles. The Labute approximate surface area is 97.3 Å². The summed E-state index contributed by atoms with van der Waals surface area (Å²) in [5.74, 6) is 0. The van der Waals surface area contributed by atoms with Gasteiger partial charge in [0.2, 0.25) is 0 Å². The molecule has 4 heteroatoms. The van der Waals surface area contributed by atoms with Gasteiger partial charge in [-0.3, -0.25) is 4.21 Å². The third-order valence-electron chi connectivity index (χ3n) is 2.83. The molecule has 0 amide bonds. The normalized spacial score (nSPS) is 27.9. The second-order valence-electron chi connectivity index (χ2n) is 3.86. The van der Waals surface area contributed by atoms with Crippen LogP contribution in [0.25, 0.3) is 0 Å². The van der Waals surface area contributed by atoms with Crippen LogP contribution in [0.4, 0.5) is 0 Å². The van der Waals surface area contributed by atoms with Crippen molar-refractivity contribution in [2.45, 2.75) is 35.4 Å². The number of nitrogens with two attached hydrogens (primary N) is 1. The molecule has 1 aliphatic carbocycles. The van der Waals surface area contributed by atoms with Crippen molar-refractivity contribution in [3.63, 3.8) is 0 Å². The van der Waals surface area contributed by atoms with E-state index in [2.05, 4.69) is 0 Å². The third-order valence-corrected chi connectivity index (χ3v) is 5.20. The topological polar surface area (TPSA) is 43.1 Å². The first-order chi connectivity index (χ1) is 7.20. The van der Waals surface area contributed by atoms with Crippen molar-refractivity contribution in [2.75, 3.05) is 0 Å². The van der Waals surface area contributed by atoms with Gasteiger partial charge in [-0.25, -0.2) is 0 Å². The molecular weight excluding hydrogens is 230 g/mol. The number of halogens is 1. The Balaban J connectivity index is 2.24. The minimum Gasteiger partial charge on any atom is -0.327 e. The van der Waals surface area contributed by atoms with Crippen LogP contribution in [0.2, 0.25) is 5.02 Å². The summed E-state index contributed by atoms with van der Waals surface area (Å²) in [6.45, 7) is 0. The first-order valence-electron chi connectivity index (χ1n) is 5.11. The molecule has 0 aliphatic heterocycles. The van der Waals surface area contributed by atoms with Gasteiger partial charge in [0, 0.05) is 6.04 Å². The van der Waals surface area contributed by atoms with E-state index in [0.29, 0.717) is 5.02 Å².